The molecular formula is C23H22N4O4. The van der Waals surface area contributed by atoms with Gasteiger partial charge in [0, 0.05) is 36.6 Å². The highest BCUT2D eigenvalue weighted by molar-refractivity contribution is 5.91. The zero-order valence-electron chi connectivity index (χ0n) is 17.1. The smallest absolute Gasteiger partial charge is 0.255 e. The molecule has 0 unspecified atom stereocenters. The predicted molar refractivity (Wildman–Crippen MR) is 116 cm³/mol. The van der Waals surface area contributed by atoms with Gasteiger partial charge in [-0.15, -0.1) is 0 Å². The first-order valence-corrected chi connectivity index (χ1v) is 10.2. The first-order valence-electron chi connectivity index (χ1n) is 10.2. The zero-order chi connectivity index (χ0) is 21.4. The van der Waals surface area contributed by atoms with Crippen LogP contribution in [0.3, 0.4) is 0 Å². The molecule has 3 aromatic rings. The van der Waals surface area contributed by atoms with Gasteiger partial charge in [0.1, 0.15) is 6.54 Å². The number of amides is 1. The van der Waals surface area contributed by atoms with Crippen molar-refractivity contribution in [2.75, 3.05) is 23.6 Å². The average Bonchev–Trinajstić information content (AvgIpc) is 3.23. The minimum Gasteiger partial charge on any atom is -0.454 e. The van der Waals surface area contributed by atoms with Crippen LogP contribution in [0.25, 0.3) is 0 Å². The second kappa shape index (κ2) is 7.79. The molecule has 2 aliphatic heterocycles. The fraction of sp³-hybridized carbons (Fsp3) is 0.261. The minimum atomic E-state index is -0.315. The highest BCUT2D eigenvalue weighted by Gasteiger charge is 2.22. The van der Waals surface area contributed by atoms with E-state index in [9.17, 15) is 9.59 Å². The molecule has 2 aromatic carbocycles. The Morgan fingerprint density at radius 3 is 2.77 bits per heavy atom. The van der Waals surface area contributed by atoms with Gasteiger partial charge in [-0.1, -0.05) is 24.3 Å². The summed E-state index contributed by atoms with van der Waals surface area (Å²) in [4.78, 5) is 32.2. The van der Waals surface area contributed by atoms with E-state index >= 15 is 0 Å². The van der Waals surface area contributed by atoms with Gasteiger partial charge >= 0.3 is 0 Å². The number of rotatable bonds is 4. The Labute approximate surface area is 179 Å². The van der Waals surface area contributed by atoms with Gasteiger partial charge in [0.2, 0.25) is 18.6 Å². The van der Waals surface area contributed by atoms with Crippen molar-refractivity contribution in [1.82, 2.24) is 9.55 Å². The SMILES string of the molecule is Cc1cc(=O)n(CC(=O)Nc2ccc3c(c2)OCO3)c(N2CCc3ccccc3C2)n1. The van der Waals surface area contributed by atoms with E-state index in [0.29, 0.717) is 35.4 Å². The molecule has 0 aliphatic carbocycles. The highest BCUT2D eigenvalue weighted by Crippen LogP contribution is 2.34. The Morgan fingerprint density at radius 2 is 1.90 bits per heavy atom. The van der Waals surface area contributed by atoms with Crippen LogP contribution in [-0.2, 0) is 24.3 Å². The van der Waals surface area contributed by atoms with Crippen LogP contribution in [0.1, 0.15) is 16.8 Å². The van der Waals surface area contributed by atoms with Crippen LogP contribution >= 0.6 is 0 Å². The second-order valence-electron chi connectivity index (χ2n) is 7.68. The largest absolute Gasteiger partial charge is 0.454 e. The molecule has 8 nitrogen and oxygen atoms in total. The fourth-order valence-corrected chi connectivity index (χ4v) is 3.98. The molecule has 0 radical (unpaired) electrons. The van der Waals surface area contributed by atoms with Crippen LogP contribution in [0.4, 0.5) is 11.6 Å². The van der Waals surface area contributed by atoms with Crippen LogP contribution in [-0.4, -0.2) is 28.8 Å². The van der Waals surface area contributed by atoms with E-state index in [1.807, 2.05) is 12.1 Å². The molecule has 1 N–H and O–H groups in total. The van der Waals surface area contributed by atoms with Crippen molar-refractivity contribution in [3.05, 3.63) is 75.7 Å². The van der Waals surface area contributed by atoms with Crippen LogP contribution in [0.15, 0.2) is 53.3 Å². The minimum absolute atomic E-state index is 0.131. The van der Waals surface area contributed by atoms with Gasteiger partial charge in [0.15, 0.2) is 11.5 Å². The maximum Gasteiger partial charge on any atom is 0.255 e. The number of anilines is 2. The van der Waals surface area contributed by atoms with Crippen LogP contribution in [0.2, 0.25) is 0 Å². The molecule has 1 amide bonds. The third kappa shape index (κ3) is 3.84. The summed E-state index contributed by atoms with van der Waals surface area (Å²) in [5.74, 6) is 1.43. The number of nitrogens with one attached hydrogen (secondary N) is 1. The van der Waals surface area contributed by atoms with Crippen LogP contribution < -0.4 is 25.2 Å². The van der Waals surface area contributed by atoms with Gasteiger partial charge in [0.25, 0.3) is 5.56 Å². The first-order chi connectivity index (χ1) is 15.1. The number of hydrogen-bond acceptors (Lipinski definition) is 6. The zero-order valence-corrected chi connectivity index (χ0v) is 17.1. The normalized spacial score (nSPS) is 14.3. The first kappa shape index (κ1) is 19.2. The number of carbonyl (C=O) groups excluding carboxylic acids is 1. The van der Waals surface area contributed by atoms with Crippen LogP contribution in [0, 0.1) is 6.92 Å². The highest BCUT2D eigenvalue weighted by atomic mass is 16.7. The summed E-state index contributed by atoms with van der Waals surface area (Å²) >= 11 is 0. The molecule has 8 heteroatoms. The summed E-state index contributed by atoms with van der Waals surface area (Å²) in [6, 6.07) is 14.9. The molecule has 158 valence electrons. The number of fused-ring (bicyclic) bond motifs is 2. The number of carbonyl (C=O) groups is 1. The number of benzene rings is 2. The van der Waals surface area contributed by atoms with Gasteiger partial charge in [-0.05, 0) is 36.6 Å². The van der Waals surface area contributed by atoms with Crippen molar-refractivity contribution >= 4 is 17.5 Å². The van der Waals surface area contributed by atoms with E-state index in [0.717, 1.165) is 13.0 Å². The fourth-order valence-electron chi connectivity index (χ4n) is 3.98. The molecule has 0 saturated carbocycles. The monoisotopic (exact) mass is 418 g/mol. The molecule has 5 rings (SSSR count). The molecule has 1 aromatic heterocycles. The molecule has 0 bridgehead atoms. The molecule has 31 heavy (non-hydrogen) atoms. The molecule has 0 spiro atoms. The lowest BCUT2D eigenvalue weighted by atomic mass is 10.0. The number of aryl methyl sites for hydroxylation is 1. The summed E-state index contributed by atoms with van der Waals surface area (Å²) in [5.41, 5.74) is 3.48. The van der Waals surface area contributed by atoms with E-state index in [1.165, 1.54) is 21.8 Å². The van der Waals surface area contributed by atoms with E-state index in [4.69, 9.17) is 9.47 Å². The van der Waals surface area contributed by atoms with E-state index in [-0.39, 0.29) is 24.8 Å². The summed E-state index contributed by atoms with van der Waals surface area (Å²) in [5, 5.41) is 2.83. The predicted octanol–water partition coefficient (Wildman–Crippen LogP) is 2.48. The second-order valence-corrected chi connectivity index (χ2v) is 7.68. The third-order valence-electron chi connectivity index (χ3n) is 5.49. The van der Waals surface area contributed by atoms with Crippen molar-refractivity contribution in [3.63, 3.8) is 0 Å². The number of ether oxygens (including phenoxy) is 2. The van der Waals surface area contributed by atoms with E-state index in [2.05, 4.69) is 27.3 Å². The van der Waals surface area contributed by atoms with Crippen molar-refractivity contribution in [1.29, 1.82) is 0 Å². The topological polar surface area (TPSA) is 85.7 Å². The van der Waals surface area contributed by atoms with Crippen LogP contribution in [0.5, 0.6) is 11.5 Å². The van der Waals surface area contributed by atoms with Crippen molar-refractivity contribution in [2.45, 2.75) is 26.4 Å². The standard InChI is InChI=1S/C23H22N4O4/c1-15-10-22(29)27(13-21(28)25-18-6-7-19-20(11-18)31-14-30-19)23(24-15)26-9-8-16-4-2-3-5-17(16)12-26/h2-7,10-11H,8-9,12-14H2,1H3,(H,25,28). The Morgan fingerprint density at radius 1 is 1.10 bits per heavy atom. The molecular weight excluding hydrogens is 396 g/mol. The molecule has 3 heterocycles. The Hall–Kier alpha value is -3.81. The lowest BCUT2D eigenvalue weighted by molar-refractivity contribution is -0.116. The summed E-state index contributed by atoms with van der Waals surface area (Å²) in [6.45, 7) is 3.21. The summed E-state index contributed by atoms with van der Waals surface area (Å²) in [7, 11) is 0. The lowest BCUT2D eigenvalue weighted by Gasteiger charge is -2.31. The number of nitrogens with zero attached hydrogens (tertiary/aromatic N) is 3. The van der Waals surface area contributed by atoms with Crippen molar-refractivity contribution in [2.24, 2.45) is 0 Å². The van der Waals surface area contributed by atoms with Crippen molar-refractivity contribution in [3.8, 4) is 11.5 Å². The Kier molecular flexibility index (Phi) is 4.82. The maximum absolute atomic E-state index is 12.8. The Bertz CT molecular complexity index is 1220. The molecule has 0 fully saturated rings. The third-order valence-corrected chi connectivity index (χ3v) is 5.49. The average molecular weight is 418 g/mol. The van der Waals surface area contributed by atoms with Gasteiger partial charge < -0.3 is 19.7 Å². The van der Waals surface area contributed by atoms with Gasteiger partial charge in [-0.25, -0.2) is 4.98 Å². The van der Waals surface area contributed by atoms with Crippen molar-refractivity contribution < 1.29 is 14.3 Å². The van der Waals surface area contributed by atoms with E-state index in [1.54, 1.807) is 25.1 Å². The number of aromatic nitrogens is 2. The molecule has 0 atom stereocenters. The van der Waals surface area contributed by atoms with Gasteiger partial charge in [0.05, 0.1) is 0 Å². The van der Waals surface area contributed by atoms with Gasteiger partial charge in [-0.3, -0.25) is 14.2 Å². The summed E-state index contributed by atoms with van der Waals surface area (Å²) in [6.07, 6.45) is 0.864. The van der Waals surface area contributed by atoms with Gasteiger partial charge in [-0.2, -0.15) is 0 Å². The molecule has 0 saturated heterocycles. The summed E-state index contributed by atoms with van der Waals surface area (Å²) < 4.78 is 12.1. The van der Waals surface area contributed by atoms with E-state index < -0.39 is 0 Å². The lowest BCUT2D eigenvalue weighted by Crippen LogP contribution is -2.38. The Balaban J connectivity index is 1.39. The number of hydrogen-bond donors (Lipinski definition) is 1. The molecule has 2 aliphatic rings. The maximum atomic E-state index is 12.8. The quantitative estimate of drug-likeness (QED) is 0.701.